The van der Waals surface area contributed by atoms with E-state index in [1.807, 2.05) is 13.8 Å². The van der Waals surface area contributed by atoms with Crippen LogP contribution in [0.15, 0.2) is 18.2 Å². The molecular weight excluding hydrogens is 233 g/mol. The number of hydrogen-bond donors (Lipinski definition) is 2. The van der Waals surface area contributed by atoms with Gasteiger partial charge in [-0.05, 0) is 26.5 Å². The molecule has 1 aromatic rings. The molecule has 2 N–H and O–H groups in total. The minimum atomic E-state index is -0.409. The van der Waals surface area contributed by atoms with Gasteiger partial charge in [-0.15, -0.1) is 0 Å². The molecule has 0 heterocycles. The molecule has 2 atom stereocenters. The maximum Gasteiger partial charge on any atom is 0.126 e. The Hall–Kier alpha value is -1.13. The zero-order chi connectivity index (χ0) is 13.5. The summed E-state index contributed by atoms with van der Waals surface area (Å²) in [6, 6.07) is 4.67. The third-order valence-electron chi connectivity index (χ3n) is 2.75. The monoisotopic (exact) mass is 255 g/mol. The number of aliphatic hydroxyl groups is 1. The van der Waals surface area contributed by atoms with Crippen LogP contribution >= 0.6 is 0 Å². The highest BCUT2D eigenvalue weighted by molar-refractivity contribution is 5.36. The van der Waals surface area contributed by atoms with Crippen molar-refractivity contribution in [3.05, 3.63) is 29.6 Å². The highest BCUT2D eigenvalue weighted by Gasteiger charge is 2.12. The van der Waals surface area contributed by atoms with Crippen molar-refractivity contribution >= 4 is 0 Å². The topological polar surface area (TPSA) is 41.5 Å². The largest absolute Gasteiger partial charge is 0.493 e. The van der Waals surface area contributed by atoms with Crippen LogP contribution in [0.4, 0.5) is 4.39 Å². The highest BCUT2D eigenvalue weighted by atomic mass is 19.1. The van der Waals surface area contributed by atoms with Crippen molar-refractivity contribution < 1.29 is 14.2 Å². The first-order valence-corrected chi connectivity index (χ1v) is 6.38. The van der Waals surface area contributed by atoms with Crippen LogP contribution in [-0.2, 0) is 0 Å². The van der Waals surface area contributed by atoms with Gasteiger partial charge in [-0.25, -0.2) is 4.39 Å². The van der Waals surface area contributed by atoms with Gasteiger partial charge in [-0.3, -0.25) is 0 Å². The highest BCUT2D eigenvalue weighted by Crippen LogP contribution is 2.26. The van der Waals surface area contributed by atoms with Crippen molar-refractivity contribution in [1.82, 2.24) is 5.32 Å². The lowest BCUT2D eigenvalue weighted by Crippen LogP contribution is -2.19. The Kier molecular flexibility index (Phi) is 6.09. The molecule has 0 saturated carbocycles. The Morgan fingerprint density at radius 3 is 2.72 bits per heavy atom. The van der Waals surface area contributed by atoms with E-state index in [1.54, 1.807) is 13.0 Å². The summed E-state index contributed by atoms with van der Waals surface area (Å²) in [5.41, 5.74) is 0.934. The first-order valence-electron chi connectivity index (χ1n) is 6.38. The summed E-state index contributed by atoms with van der Waals surface area (Å²) in [5, 5.41) is 12.5. The quantitative estimate of drug-likeness (QED) is 0.787. The lowest BCUT2D eigenvalue weighted by atomic mass is 10.1. The van der Waals surface area contributed by atoms with Gasteiger partial charge in [0.05, 0.1) is 12.7 Å². The standard InChI is InChI=1S/C14H22FNO2/c1-4-16-11(3)13-6-5-12(15)9-14(13)18-8-7-10(2)17/h5-6,9-11,16-17H,4,7-8H2,1-3H3. The van der Waals surface area contributed by atoms with Crippen LogP contribution in [0.25, 0.3) is 0 Å². The van der Waals surface area contributed by atoms with Crippen molar-refractivity contribution in [3.8, 4) is 5.75 Å². The van der Waals surface area contributed by atoms with Crippen molar-refractivity contribution in [2.24, 2.45) is 0 Å². The first kappa shape index (κ1) is 14.9. The van der Waals surface area contributed by atoms with E-state index in [9.17, 15) is 9.50 Å². The van der Waals surface area contributed by atoms with Gasteiger partial charge in [0, 0.05) is 24.1 Å². The summed E-state index contributed by atoms with van der Waals surface area (Å²) in [6.07, 6.45) is 0.124. The summed E-state index contributed by atoms with van der Waals surface area (Å²) in [4.78, 5) is 0. The average Bonchev–Trinajstić information content (AvgIpc) is 2.29. The molecule has 0 bridgehead atoms. The minimum absolute atomic E-state index is 0.108. The van der Waals surface area contributed by atoms with Crippen molar-refractivity contribution in [3.63, 3.8) is 0 Å². The number of hydrogen-bond acceptors (Lipinski definition) is 3. The fraction of sp³-hybridized carbons (Fsp3) is 0.571. The van der Waals surface area contributed by atoms with E-state index in [0.29, 0.717) is 18.8 Å². The summed E-state index contributed by atoms with van der Waals surface area (Å²) in [7, 11) is 0. The third-order valence-corrected chi connectivity index (χ3v) is 2.75. The maximum absolute atomic E-state index is 13.2. The van der Waals surface area contributed by atoms with Crippen LogP contribution in [0.1, 0.15) is 38.8 Å². The second-order valence-corrected chi connectivity index (χ2v) is 4.45. The molecule has 102 valence electrons. The smallest absolute Gasteiger partial charge is 0.126 e. The van der Waals surface area contributed by atoms with Crippen LogP contribution in [0.3, 0.4) is 0 Å². The fourth-order valence-electron chi connectivity index (χ4n) is 1.75. The van der Waals surface area contributed by atoms with E-state index in [-0.39, 0.29) is 11.9 Å². The summed E-state index contributed by atoms with van der Waals surface area (Å²) >= 11 is 0. The van der Waals surface area contributed by atoms with E-state index < -0.39 is 6.10 Å². The van der Waals surface area contributed by atoms with Gasteiger partial charge >= 0.3 is 0 Å². The molecule has 0 radical (unpaired) electrons. The summed E-state index contributed by atoms with van der Waals surface area (Å²) < 4.78 is 18.8. The first-order chi connectivity index (χ1) is 8.54. The van der Waals surface area contributed by atoms with Crippen molar-refractivity contribution in [2.75, 3.05) is 13.2 Å². The SMILES string of the molecule is CCNC(C)c1ccc(F)cc1OCCC(C)O. The molecule has 0 aliphatic carbocycles. The normalized spacial score (nSPS) is 14.3. The third kappa shape index (κ3) is 4.63. The number of ether oxygens (including phenoxy) is 1. The fourth-order valence-corrected chi connectivity index (χ4v) is 1.75. The van der Waals surface area contributed by atoms with Gasteiger partial charge in [-0.2, -0.15) is 0 Å². The molecule has 18 heavy (non-hydrogen) atoms. The van der Waals surface area contributed by atoms with Crippen LogP contribution in [0.5, 0.6) is 5.75 Å². The zero-order valence-electron chi connectivity index (χ0n) is 11.2. The van der Waals surface area contributed by atoms with E-state index in [4.69, 9.17) is 4.74 Å². The van der Waals surface area contributed by atoms with Crippen LogP contribution in [0.2, 0.25) is 0 Å². The van der Waals surface area contributed by atoms with E-state index in [0.717, 1.165) is 12.1 Å². The number of aliphatic hydroxyl groups excluding tert-OH is 1. The molecule has 0 fully saturated rings. The van der Waals surface area contributed by atoms with Gasteiger partial charge in [0.15, 0.2) is 0 Å². The number of halogens is 1. The molecule has 0 saturated heterocycles. The van der Waals surface area contributed by atoms with Crippen LogP contribution < -0.4 is 10.1 Å². The molecule has 2 unspecified atom stereocenters. The van der Waals surface area contributed by atoms with Crippen molar-refractivity contribution in [1.29, 1.82) is 0 Å². The van der Waals surface area contributed by atoms with E-state index in [1.165, 1.54) is 12.1 Å². The molecule has 0 spiro atoms. The Morgan fingerprint density at radius 2 is 2.11 bits per heavy atom. The van der Waals surface area contributed by atoms with Crippen LogP contribution in [-0.4, -0.2) is 24.4 Å². The molecule has 1 rings (SSSR count). The Labute approximate surface area is 108 Å². The van der Waals surface area contributed by atoms with Gasteiger partial charge in [-0.1, -0.05) is 13.0 Å². The molecule has 0 amide bonds. The predicted octanol–water partition coefficient (Wildman–Crippen LogP) is 2.65. The molecular formula is C14H22FNO2. The van der Waals surface area contributed by atoms with Gasteiger partial charge in [0.1, 0.15) is 11.6 Å². The van der Waals surface area contributed by atoms with Crippen LogP contribution in [0, 0.1) is 5.82 Å². The maximum atomic E-state index is 13.2. The second-order valence-electron chi connectivity index (χ2n) is 4.45. The average molecular weight is 255 g/mol. The van der Waals surface area contributed by atoms with Crippen molar-refractivity contribution in [2.45, 2.75) is 39.3 Å². The van der Waals surface area contributed by atoms with Gasteiger partial charge in [0.2, 0.25) is 0 Å². The van der Waals surface area contributed by atoms with Gasteiger partial charge < -0.3 is 15.2 Å². The molecule has 0 aromatic heterocycles. The molecule has 0 aliphatic rings. The summed E-state index contributed by atoms with van der Waals surface area (Å²) in [6.45, 7) is 6.96. The minimum Gasteiger partial charge on any atom is -0.493 e. The lowest BCUT2D eigenvalue weighted by Gasteiger charge is -2.18. The predicted molar refractivity (Wildman–Crippen MR) is 70.3 cm³/mol. The lowest BCUT2D eigenvalue weighted by molar-refractivity contribution is 0.155. The van der Waals surface area contributed by atoms with Gasteiger partial charge in [0.25, 0.3) is 0 Å². The number of benzene rings is 1. The second kappa shape index (κ2) is 7.34. The Balaban J connectivity index is 2.76. The molecule has 4 heteroatoms. The molecule has 1 aromatic carbocycles. The molecule has 0 aliphatic heterocycles. The van der Waals surface area contributed by atoms with E-state index >= 15 is 0 Å². The molecule has 3 nitrogen and oxygen atoms in total. The Morgan fingerprint density at radius 1 is 1.39 bits per heavy atom. The number of rotatable bonds is 7. The number of nitrogens with one attached hydrogen (secondary N) is 1. The Bertz CT molecular complexity index is 369. The van der Waals surface area contributed by atoms with E-state index in [2.05, 4.69) is 5.32 Å². The zero-order valence-corrected chi connectivity index (χ0v) is 11.2. The summed E-state index contributed by atoms with van der Waals surface area (Å²) in [5.74, 6) is 0.235.